The first-order chi connectivity index (χ1) is 11.5. The summed E-state index contributed by atoms with van der Waals surface area (Å²) in [5.74, 6) is -0.0654. The minimum atomic E-state index is -3.56. The van der Waals surface area contributed by atoms with Crippen LogP contribution in [0.3, 0.4) is 0 Å². The molecule has 2 saturated heterocycles. The Balaban J connectivity index is 0.00000169. The maximum atomic E-state index is 12.5. The Morgan fingerprint density at radius 1 is 1.23 bits per heavy atom. The second-order valence-electron chi connectivity index (χ2n) is 5.98. The first-order valence-corrected chi connectivity index (χ1v) is 9.51. The topological polar surface area (TPSA) is 106 Å². The zero-order valence-corrected chi connectivity index (χ0v) is 16.6. The van der Waals surface area contributed by atoms with Gasteiger partial charge in [-0.2, -0.15) is 4.31 Å². The highest BCUT2D eigenvalue weighted by molar-refractivity contribution is 7.89. The van der Waals surface area contributed by atoms with Crippen molar-refractivity contribution in [1.82, 2.24) is 14.2 Å². The first-order valence-electron chi connectivity index (χ1n) is 8.07. The summed E-state index contributed by atoms with van der Waals surface area (Å²) < 4.78 is 32.1. The Morgan fingerprint density at radius 2 is 1.92 bits per heavy atom. The molecule has 8 nitrogen and oxygen atoms in total. The number of carbonyl (C=O) groups is 1. The lowest BCUT2D eigenvalue weighted by Crippen LogP contribution is -2.52. The van der Waals surface area contributed by atoms with E-state index < -0.39 is 16.1 Å². The van der Waals surface area contributed by atoms with Crippen molar-refractivity contribution in [3.05, 3.63) is 24.5 Å². The van der Waals surface area contributed by atoms with Crippen LogP contribution in [-0.2, 0) is 19.6 Å². The van der Waals surface area contributed by atoms with Crippen LogP contribution in [0.15, 0.2) is 29.4 Å². The molecule has 148 valence electrons. The largest absolute Gasteiger partial charge is 0.364 e. The van der Waals surface area contributed by atoms with Gasteiger partial charge in [0.25, 0.3) is 5.91 Å². The van der Waals surface area contributed by atoms with Gasteiger partial charge in [0.15, 0.2) is 0 Å². The highest BCUT2D eigenvalue weighted by Gasteiger charge is 2.36. The Bertz CT molecular complexity index is 684. The van der Waals surface area contributed by atoms with Gasteiger partial charge in [0.2, 0.25) is 10.0 Å². The molecule has 2 fully saturated rings. The lowest BCUT2D eigenvalue weighted by Gasteiger charge is -2.35. The number of aromatic nitrogens is 1. The predicted octanol–water partition coefficient (Wildman–Crippen LogP) is 0.264. The van der Waals surface area contributed by atoms with E-state index in [2.05, 4.69) is 4.98 Å². The van der Waals surface area contributed by atoms with Crippen molar-refractivity contribution in [2.24, 2.45) is 5.73 Å². The van der Waals surface area contributed by atoms with Crippen LogP contribution in [0, 0.1) is 0 Å². The number of hydrogen-bond acceptors (Lipinski definition) is 6. The second-order valence-corrected chi connectivity index (χ2v) is 7.92. The summed E-state index contributed by atoms with van der Waals surface area (Å²) >= 11 is 0. The molecule has 1 aromatic heterocycles. The minimum absolute atomic E-state index is 0. The molecule has 0 spiro atoms. The number of pyridine rings is 1. The zero-order chi connectivity index (χ0) is 17.2. The lowest BCUT2D eigenvalue weighted by molar-refractivity contribution is -0.143. The van der Waals surface area contributed by atoms with E-state index in [9.17, 15) is 13.2 Å². The van der Waals surface area contributed by atoms with E-state index in [0.29, 0.717) is 26.1 Å². The van der Waals surface area contributed by atoms with Crippen molar-refractivity contribution in [1.29, 1.82) is 0 Å². The van der Waals surface area contributed by atoms with E-state index in [1.807, 2.05) is 0 Å². The van der Waals surface area contributed by atoms with E-state index in [1.165, 1.54) is 22.8 Å². The summed E-state index contributed by atoms with van der Waals surface area (Å²) in [4.78, 5) is 18.2. The molecule has 0 unspecified atom stereocenters. The number of nitrogens with two attached hydrogens (primary N) is 1. The highest BCUT2D eigenvalue weighted by Crippen LogP contribution is 2.22. The second kappa shape index (κ2) is 9.82. The van der Waals surface area contributed by atoms with Crippen molar-refractivity contribution in [2.75, 3.05) is 32.7 Å². The van der Waals surface area contributed by atoms with Crippen LogP contribution in [-0.4, -0.2) is 73.4 Å². The molecule has 0 aliphatic carbocycles. The molecule has 1 amide bonds. The van der Waals surface area contributed by atoms with Gasteiger partial charge in [0.1, 0.15) is 11.0 Å². The molecule has 0 saturated carbocycles. The fourth-order valence-electron chi connectivity index (χ4n) is 3.06. The fraction of sp³-hybridized carbons (Fsp3) is 0.600. The minimum Gasteiger partial charge on any atom is -0.364 e. The average molecular weight is 427 g/mol. The Kier molecular flexibility index (Phi) is 8.71. The molecule has 0 bridgehead atoms. The van der Waals surface area contributed by atoms with Crippen LogP contribution in [0.1, 0.15) is 12.8 Å². The number of hydrogen-bond donors (Lipinski definition) is 1. The van der Waals surface area contributed by atoms with Crippen LogP contribution in [0.5, 0.6) is 0 Å². The molecular weight excluding hydrogens is 403 g/mol. The third-order valence-electron chi connectivity index (χ3n) is 4.47. The molecule has 2 N–H and O–H groups in total. The number of rotatable bonds is 4. The number of carbonyl (C=O) groups excluding carboxylic acids is 1. The van der Waals surface area contributed by atoms with Crippen LogP contribution in [0.25, 0.3) is 0 Å². The van der Waals surface area contributed by atoms with Crippen LogP contribution in [0.2, 0.25) is 0 Å². The number of nitrogens with zero attached hydrogens (tertiary/aromatic N) is 3. The standard InChI is InChI=1S/C15H22N4O4S.2ClH/c16-10-12-3-4-14(23-12)15(20)18-6-8-19(9-7-18)24(21,22)13-2-1-5-17-11-13;;/h1-2,5,11-12,14H,3-4,6-10,16H2;2*1H/t12-,14+;;/m1../s1. The van der Waals surface area contributed by atoms with Gasteiger partial charge in [-0.25, -0.2) is 8.42 Å². The number of halogens is 2. The summed E-state index contributed by atoms with van der Waals surface area (Å²) in [7, 11) is -3.56. The van der Waals surface area contributed by atoms with Crippen LogP contribution < -0.4 is 5.73 Å². The van der Waals surface area contributed by atoms with Gasteiger partial charge in [-0.1, -0.05) is 0 Å². The smallest absolute Gasteiger partial charge is 0.251 e. The van der Waals surface area contributed by atoms with Gasteiger partial charge in [0.05, 0.1) is 6.10 Å². The fourth-order valence-corrected chi connectivity index (χ4v) is 4.45. The Hall–Kier alpha value is -0.970. The van der Waals surface area contributed by atoms with Crippen molar-refractivity contribution in [3.8, 4) is 0 Å². The monoisotopic (exact) mass is 426 g/mol. The number of ether oxygens (including phenoxy) is 1. The van der Waals surface area contributed by atoms with Gasteiger partial charge >= 0.3 is 0 Å². The number of sulfonamides is 1. The number of amides is 1. The van der Waals surface area contributed by atoms with Gasteiger partial charge in [-0.15, -0.1) is 24.8 Å². The molecule has 0 aromatic carbocycles. The van der Waals surface area contributed by atoms with Gasteiger partial charge in [-0.3, -0.25) is 9.78 Å². The Morgan fingerprint density at radius 3 is 2.46 bits per heavy atom. The normalized spacial score (nSPS) is 23.8. The van der Waals surface area contributed by atoms with Crippen molar-refractivity contribution < 1.29 is 17.9 Å². The molecule has 26 heavy (non-hydrogen) atoms. The van der Waals surface area contributed by atoms with Crippen molar-refractivity contribution >= 4 is 40.7 Å². The third kappa shape index (κ3) is 4.85. The van der Waals surface area contributed by atoms with Crippen molar-refractivity contribution in [3.63, 3.8) is 0 Å². The van der Waals surface area contributed by atoms with E-state index in [1.54, 1.807) is 11.0 Å². The maximum absolute atomic E-state index is 12.5. The highest BCUT2D eigenvalue weighted by atomic mass is 35.5. The predicted molar refractivity (Wildman–Crippen MR) is 101 cm³/mol. The van der Waals surface area contributed by atoms with E-state index in [-0.39, 0.29) is 54.8 Å². The van der Waals surface area contributed by atoms with Crippen LogP contribution in [0.4, 0.5) is 0 Å². The summed E-state index contributed by atoms with van der Waals surface area (Å²) in [5, 5.41) is 0. The van der Waals surface area contributed by atoms with Crippen molar-refractivity contribution in [2.45, 2.75) is 29.9 Å². The molecule has 11 heteroatoms. The zero-order valence-electron chi connectivity index (χ0n) is 14.2. The summed E-state index contributed by atoms with van der Waals surface area (Å²) in [6.45, 7) is 1.70. The summed E-state index contributed by atoms with van der Waals surface area (Å²) in [5.41, 5.74) is 5.57. The third-order valence-corrected chi connectivity index (χ3v) is 6.35. The molecule has 2 atom stereocenters. The van der Waals surface area contributed by atoms with E-state index in [4.69, 9.17) is 10.5 Å². The Labute approximate surface area is 165 Å². The SMILES string of the molecule is Cl.Cl.NC[C@H]1CC[C@@H](C(=O)N2CCN(S(=O)(=O)c3cccnc3)CC2)O1. The molecular formula is C15H24Cl2N4O4S. The lowest BCUT2D eigenvalue weighted by atomic mass is 10.1. The average Bonchev–Trinajstić information content (AvgIpc) is 3.11. The maximum Gasteiger partial charge on any atom is 0.251 e. The van der Waals surface area contributed by atoms with E-state index >= 15 is 0 Å². The number of piperazine rings is 1. The summed E-state index contributed by atoms with van der Waals surface area (Å²) in [6, 6.07) is 3.12. The molecule has 3 heterocycles. The summed E-state index contributed by atoms with van der Waals surface area (Å²) in [6.07, 6.45) is 3.85. The van der Waals surface area contributed by atoms with Gasteiger partial charge in [-0.05, 0) is 25.0 Å². The van der Waals surface area contributed by atoms with Gasteiger partial charge in [0, 0.05) is 45.1 Å². The van der Waals surface area contributed by atoms with Gasteiger partial charge < -0.3 is 15.4 Å². The molecule has 2 aliphatic rings. The molecule has 2 aliphatic heterocycles. The first kappa shape index (κ1) is 23.1. The molecule has 1 aromatic rings. The quantitative estimate of drug-likeness (QED) is 0.739. The van der Waals surface area contributed by atoms with E-state index in [0.717, 1.165) is 6.42 Å². The molecule has 3 rings (SSSR count). The molecule has 0 radical (unpaired) electrons. The van der Waals surface area contributed by atoms with Crippen LogP contribution >= 0.6 is 24.8 Å².